The van der Waals surface area contributed by atoms with Gasteiger partial charge in [0.15, 0.2) is 5.16 Å². The van der Waals surface area contributed by atoms with Crippen LogP contribution in [0.2, 0.25) is 0 Å². The average molecular weight is 283 g/mol. The molecule has 0 aliphatic carbocycles. The number of thioether (sulfide) groups is 1. The molecule has 6 heteroatoms. The van der Waals surface area contributed by atoms with Crippen LogP contribution >= 0.6 is 11.8 Å². The lowest BCUT2D eigenvalue weighted by atomic mass is 10.0. The summed E-state index contributed by atoms with van der Waals surface area (Å²) in [6.07, 6.45) is 4.68. The summed E-state index contributed by atoms with van der Waals surface area (Å²) in [6.45, 7) is 2.10. The van der Waals surface area contributed by atoms with E-state index < -0.39 is 0 Å². The Morgan fingerprint density at radius 1 is 1.37 bits per heavy atom. The minimum absolute atomic E-state index is 0.0139. The van der Waals surface area contributed by atoms with Gasteiger partial charge in [0.25, 0.3) is 0 Å². The van der Waals surface area contributed by atoms with E-state index in [2.05, 4.69) is 35.9 Å². The second kappa shape index (κ2) is 6.65. The Kier molecular flexibility index (Phi) is 5.15. The molecule has 0 bridgehead atoms. The van der Waals surface area contributed by atoms with E-state index in [1.807, 2.05) is 6.07 Å². The highest BCUT2D eigenvalue weighted by molar-refractivity contribution is 7.99. The first-order valence-corrected chi connectivity index (χ1v) is 7.28. The van der Waals surface area contributed by atoms with Crippen molar-refractivity contribution >= 4 is 11.8 Å². The summed E-state index contributed by atoms with van der Waals surface area (Å²) in [5.41, 5.74) is -0.0800. The highest BCUT2D eigenvalue weighted by Gasteiger charge is 2.39. The molecule has 1 aromatic rings. The molecule has 0 aromatic carbocycles. The van der Waals surface area contributed by atoms with Crippen molar-refractivity contribution in [1.29, 1.82) is 0 Å². The number of methoxy groups -OCH3 is 1. The minimum atomic E-state index is -0.0800. The summed E-state index contributed by atoms with van der Waals surface area (Å²) in [6, 6.07) is 2.15. The van der Waals surface area contributed by atoms with E-state index >= 15 is 0 Å². The molecule has 1 saturated heterocycles. The van der Waals surface area contributed by atoms with Crippen molar-refractivity contribution in [2.45, 2.75) is 42.2 Å². The van der Waals surface area contributed by atoms with Gasteiger partial charge in [0.1, 0.15) is 11.5 Å². The Morgan fingerprint density at radius 2 is 2.05 bits per heavy atom. The molecule has 0 N–H and O–H groups in total. The fourth-order valence-electron chi connectivity index (χ4n) is 2.34. The predicted octanol–water partition coefficient (Wildman–Crippen LogP) is 1.65. The summed E-state index contributed by atoms with van der Waals surface area (Å²) < 4.78 is 11.7. The normalized spacial score (nSPS) is 31.6. The van der Waals surface area contributed by atoms with Crippen LogP contribution in [-0.4, -0.2) is 59.8 Å². The van der Waals surface area contributed by atoms with Crippen LogP contribution in [0, 0.1) is 0 Å². The van der Waals surface area contributed by atoms with Crippen LogP contribution in [0.25, 0.3) is 0 Å². The fraction of sp³-hybridized carbons (Fsp3) is 0.692. The van der Waals surface area contributed by atoms with Gasteiger partial charge in [-0.05, 0) is 33.5 Å². The topological polar surface area (TPSA) is 47.5 Å². The summed E-state index contributed by atoms with van der Waals surface area (Å²) in [5, 5.41) is 0.723. The highest BCUT2D eigenvalue weighted by Crippen LogP contribution is 2.33. The lowest BCUT2D eigenvalue weighted by Gasteiger charge is -2.42. The third-order valence-corrected chi connectivity index (χ3v) is 4.32. The van der Waals surface area contributed by atoms with Crippen LogP contribution in [0.5, 0.6) is 0 Å². The highest BCUT2D eigenvalue weighted by atomic mass is 32.2. The van der Waals surface area contributed by atoms with Crippen molar-refractivity contribution < 1.29 is 9.47 Å². The molecule has 1 aliphatic heterocycles. The van der Waals surface area contributed by atoms with E-state index in [9.17, 15) is 0 Å². The average Bonchev–Trinajstić information content (AvgIpc) is 2.39. The minimum Gasteiger partial charge on any atom is -0.376 e. The summed E-state index contributed by atoms with van der Waals surface area (Å²) in [5.74, 6) is 0. The third-order valence-electron chi connectivity index (χ3n) is 3.29. The van der Waals surface area contributed by atoms with Crippen molar-refractivity contribution in [3.8, 4) is 0 Å². The van der Waals surface area contributed by atoms with Crippen molar-refractivity contribution in [2.24, 2.45) is 0 Å². The van der Waals surface area contributed by atoms with Gasteiger partial charge in [0.05, 0.1) is 6.10 Å². The number of hydrogen-bond donors (Lipinski definition) is 0. The quantitative estimate of drug-likeness (QED) is 0.783. The van der Waals surface area contributed by atoms with Crippen LogP contribution in [0.4, 0.5) is 0 Å². The van der Waals surface area contributed by atoms with E-state index in [-0.39, 0.29) is 17.6 Å². The monoisotopic (exact) mass is 283 g/mol. The zero-order chi connectivity index (χ0) is 13.8. The van der Waals surface area contributed by atoms with E-state index in [4.69, 9.17) is 9.47 Å². The van der Waals surface area contributed by atoms with Gasteiger partial charge in [-0.3, -0.25) is 0 Å². The Balaban J connectivity index is 2.12. The lowest BCUT2D eigenvalue weighted by Crippen LogP contribution is -2.53. The smallest absolute Gasteiger partial charge is 0.190 e. The molecule has 1 fully saturated rings. The molecule has 2 rings (SSSR count). The molecule has 1 aromatic heterocycles. The molecule has 0 amide bonds. The Hall–Kier alpha value is -0.690. The molecule has 2 heterocycles. The van der Waals surface area contributed by atoms with Gasteiger partial charge < -0.3 is 14.4 Å². The van der Waals surface area contributed by atoms with Gasteiger partial charge >= 0.3 is 0 Å². The lowest BCUT2D eigenvalue weighted by molar-refractivity contribution is -0.118. The predicted molar refractivity (Wildman–Crippen MR) is 75.1 cm³/mol. The Labute approximate surface area is 118 Å². The first kappa shape index (κ1) is 14.7. The van der Waals surface area contributed by atoms with Gasteiger partial charge in [-0.25, -0.2) is 9.97 Å². The molecule has 0 spiro atoms. The number of aromatic nitrogens is 2. The van der Waals surface area contributed by atoms with Crippen molar-refractivity contribution in [2.75, 3.05) is 21.2 Å². The van der Waals surface area contributed by atoms with E-state index in [1.54, 1.807) is 19.5 Å². The van der Waals surface area contributed by atoms with Crippen molar-refractivity contribution in [3.05, 3.63) is 18.5 Å². The van der Waals surface area contributed by atoms with Gasteiger partial charge in [0.2, 0.25) is 0 Å². The number of ether oxygens (including phenoxy) is 2. The molecule has 0 saturated carbocycles. The van der Waals surface area contributed by atoms with Gasteiger partial charge in [-0.2, -0.15) is 0 Å². The number of likely N-dealkylation sites (N-methyl/N-ethyl adjacent to an activating group) is 1. The molecular weight excluding hydrogens is 262 g/mol. The fourth-order valence-corrected chi connectivity index (χ4v) is 3.46. The zero-order valence-corrected chi connectivity index (χ0v) is 12.6. The number of nitrogens with zero attached hydrogens (tertiary/aromatic N) is 3. The molecule has 2 unspecified atom stereocenters. The standard InChI is InChI=1S/C13H21N3O2S/c1-9-8-10(16(2)3)11(17-4)12(18-9)19-13-14-6-5-7-15-13/h5-7,9-12H,8H2,1-4H3/t9-,10?,11?,12-/m1/s1. The Bertz CT molecular complexity index is 391. The molecule has 106 valence electrons. The number of rotatable bonds is 4. The molecular formula is C13H21N3O2S. The molecule has 0 radical (unpaired) electrons. The molecule has 1 aliphatic rings. The second-order valence-electron chi connectivity index (χ2n) is 4.93. The zero-order valence-electron chi connectivity index (χ0n) is 11.8. The third kappa shape index (κ3) is 3.66. The van der Waals surface area contributed by atoms with Crippen LogP contribution in [0.1, 0.15) is 13.3 Å². The van der Waals surface area contributed by atoms with Crippen molar-refractivity contribution in [3.63, 3.8) is 0 Å². The van der Waals surface area contributed by atoms with Crippen LogP contribution in [-0.2, 0) is 9.47 Å². The molecule has 19 heavy (non-hydrogen) atoms. The van der Waals surface area contributed by atoms with Gasteiger partial charge in [-0.15, -0.1) is 0 Å². The maximum atomic E-state index is 6.01. The second-order valence-corrected chi connectivity index (χ2v) is 6.00. The SMILES string of the molecule is COC1C(N(C)C)C[C@@H](C)O[C@@H]1Sc1ncccn1. The summed E-state index contributed by atoms with van der Waals surface area (Å²) in [7, 11) is 5.89. The maximum absolute atomic E-state index is 6.01. The van der Waals surface area contributed by atoms with Crippen LogP contribution in [0.15, 0.2) is 23.6 Å². The molecule has 4 atom stereocenters. The first-order valence-electron chi connectivity index (χ1n) is 6.40. The van der Waals surface area contributed by atoms with Crippen LogP contribution in [0.3, 0.4) is 0 Å². The largest absolute Gasteiger partial charge is 0.376 e. The number of hydrogen-bond acceptors (Lipinski definition) is 6. The summed E-state index contributed by atoms with van der Waals surface area (Å²) >= 11 is 1.53. The first-order chi connectivity index (χ1) is 9.11. The Morgan fingerprint density at radius 3 is 2.63 bits per heavy atom. The van der Waals surface area contributed by atoms with Gasteiger partial charge in [0, 0.05) is 25.5 Å². The van der Waals surface area contributed by atoms with E-state index in [1.165, 1.54) is 11.8 Å². The van der Waals surface area contributed by atoms with E-state index in [0.29, 0.717) is 6.04 Å². The van der Waals surface area contributed by atoms with E-state index in [0.717, 1.165) is 11.6 Å². The molecule has 5 nitrogen and oxygen atoms in total. The maximum Gasteiger partial charge on any atom is 0.190 e. The van der Waals surface area contributed by atoms with Crippen LogP contribution < -0.4 is 0 Å². The summed E-state index contributed by atoms with van der Waals surface area (Å²) in [4.78, 5) is 10.7. The van der Waals surface area contributed by atoms with Gasteiger partial charge in [-0.1, -0.05) is 11.8 Å². The van der Waals surface area contributed by atoms with Crippen molar-refractivity contribution in [1.82, 2.24) is 14.9 Å².